The van der Waals surface area contributed by atoms with E-state index in [2.05, 4.69) is 0 Å². The zero-order valence-electron chi connectivity index (χ0n) is 10.6. The van der Waals surface area contributed by atoms with E-state index in [1.165, 1.54) is 4.31 Å². The van der Waals surface area contributed by atoms with E-state index in [9.17, 15) is 8.42 Å². The molecule has 0 atom stereocenters. The van der Waals surface area contributed by atoms with Gasteiger partial charge in [-0.15, -0.1) is 0 Å². The average molecular weight is 292 g/mol. The number of halogens is 1. The summed E-state index contributed by atoms with van der Waals surface area (Å²) in [7, 11) is -1.57. The molecule has 0 aliphatic heterocycles. The fourth-order valence-electron chi connectivity index (χ4n) is 1.38. The zero-order chi connectivity index (χ0) is 13.6. The predicted molar refractivity (Wildman–Crippen MR) is 73.7 cm³/mol. The first kappa shape index (κ1) is 15.3. The Kier molecular flexibility index (Phi) is 5.91. The summed E-state index contributed by atoms with van der Waals surface area (Å²) < 4.78 is 30.1. The molecule has 0 unspecified atom stereocenters. The molecule has 0 saturated carbocycles. The molecule has 18 heavy (non-hydrogen) atoms. The van der Waals surface area contributed by atoms with Crippen molar-refractivity contribution in [2.24, 2.45) is 0 Å². The van der Waals surface area contributed by atoms with Crippen LogP contribution in [0.15, 0.2) is 24.3 Å². The zero-order valence-corrected chi connectivity index (χ0v) is 12.2. The minimum Gasteiger partial charge on any atom is -0.492 e. The second-order valence-corrected chi connectivity index (χ2v) is 6.57. The monoisotopic (exact) mass is 291 g/mol. The molecule has 0 radical (unpaired) electrons. The Morgan fingerprint density at radius 1 is 1.28 bits per heavy atom. The molecule has 1 aromatic rings. The summed E-state index contributed by atoms with van der Waals surface area (Å²) >= 11 is 5.75. The number of likely N-dealkylation sites (N-methyl/N-ethyl adjacent to an activating group) is 1. The van der Waals surface area contributed by atoms with E-state index >= 15 is 0 Å². The third-order valence-corrected chi connectivity index (χ3v) is 4.73. The molecule has 0 aliphatic carbocycles. The van der Waals surface area contributed by atoms with E-state index in [0.717, 1.165) is 0 Å². The molecule has 0 N–H and O–H groups in total. The first-order valence-electron chi connectivity index (χ1n) is 5.78. The summed E-state index contributed by atoms with van der Waals surface area (Å²) in [5.41, 5.74) is 0. The van der Waals surface area contributed by atoms with Crippen molar-refractivity contribution >= 4 is 21.6 Å². The predicted octanol–water partition coefficient (Wildman–Crippen LogP) is 2.39. The SMILES string of the molecule is CCCS(=O)(=O)N(C)CCOc1ccc(Cl)cc1. The molecule has 0 saturated heterocycles. The van der Waals surface area contributed by atoms with Crippen molar-refractivity contribution in [2.75, 3.05) is 26.0 Å². The maximum atomic E-state index is 11.7. The van der Waals surface area contributed by atoms with Crippen LogP contribution >= 0.6 is 11.6 Å². The minimum absolute atomic E-state index is 0.171. The highest BCUT2D eigenvalue weighted by Gasteiger charge is 2.15. The number of hydrogen-bond acceptors (Lipinski definition) is 3. The van der Waals surface area contributed by atoms with Gasteiger partial charge in [0.2, 0.25) is 10.0 Å². The maximum Gasteiger partial charge on any atom is 0.213 e. The lowest BCUT2D eigenvalue weighted by Crippen LogP contribution is -2.32. The third kappa shape index (κ3) is 4.84. The standard InChI is InChI=1S/C12H18ClNO3S/c1-3-10-18(15,16)14(2)8-9-17-12-6-4-11(13)5-7-12/h4-7H,3,8-10H2,1-2H3. The summed E-state index contributed by atoms with van der Waals surface area (Å²) in [6, 6.07) is 6.97. The average Bonchev–Trinajstić information content (AvgIpc) is 2.31. The molecule has 6 heteroatoms. The molecule has 1 aromatic carbocycles. The molecule has 102 valence electrons. The summed E-state index contributed by atoms with van der Waals surface area (Å²) in [4.78, 5) is 0. The molecule has 0 bridgehead atoms. The van der Waals surface area contributed by atoms with Gasteiger partial charge >= 0.3 is 0 Å². The quantitative estimate of drug-likeness (QED) is 0.775. The van der Waals surface area contributed by atoms with Crippen LogP contribution in [0.5, 0.6) is 5.75 Å². The largest absolute Gasteiger partial charge is 0.492 e. The van der Waals surface area contributed by atoms with Crippen molar-refractivity contribution in [3.63, 3.8) is 0 Å². The molecule has 0 heterocycles. The van der Waals surface area contributed by atoms with Crippen LogP contribution in [0.2, 0.25) is 5.02 Å². The smallest absolute Gasteiger partial charge is 0.213 e. The van der Waals surface area contributed by atoms with E-state index in [0.29, 0.717) is 30.3 Å². The van der Waals surface area contributed by atoms with E-state index in [1.54, 1.807) is 31.3 Å². The lowest BCUT2D eigenvalue weighted by molar-refractivity contribution is 0.287. The highest BCUT2D eigenvalue weighted by molar-refractivity contribution is 7.89. The van der Waals surface area contributed by atoms with Crippen LogP contribution in [0, 0.1) is 0 Å². The van der Waals surface area contributed by atoms with E-state index in [4.69, 9.17) is 16.3 Å². The van der Waals surface area contributed by atoms with Crippen LogP contribution in [0.4, 0.5) is 0 Å². The Labute approximate surface area is 114 Å². The number of hydrogen-bond donors (Lipinski definition) is 0. The minimum atomic E-state index is -3.14. The van der Waals surface area contributed by atoms with Gasteiger partial charge in [0.25, 0.3) is 0 Å². The molecular weight excluding hydrogens is 274 g/mol. The van der Waals surface area contributed by atoms with Crippen LogP contribution < -0.4 is 4.74 Å². The molecule has 0 fully saturated rings. The molecule has 0 amide bonds. The summed E-state index contributed by atoms with van der Waals surface area (Å²) in [6.45, 7) is 2.50. The van der Waals surface area contributed by atoms with Gasteiger partial charge in [0.15, 0.2) is 0 Å². The fourth-order valence-corrected chi connectivity index (χ4v) is 2.68. The number of nitrogens with zero attached hydrogens (tertiary/aromatic N) is 1. The fraction of sp³-hybridized carbons (Fsp3) is 0.500. The van der Waals surface area contributed by atoms with Gasteiger partial charge in [-0.2, -0.15) is 0 Å². The number of benzene rings is 1. The van der Waals surface area contributed by atoms with Gasteiger partial charge in [0.1, 0.15) is 12.4 Å². The van der Waals surface area contributed by atoms with E-state index < -0.39 is 10.0 Å². The van der Waals surface area contributed by atoms with Gasteiger partial charge < -0.3 is 4.74 Å². The van der Waals surface area contributed by atoms with Gasteiger partial charge in [-0.1, -0.05) is 18.5 Å². The molecule has 4 nitrogen and oxygen atoms in total. The molecule has 0 aromatic heterocycles. The molecule has 0 aliphatic rings. The van der Waals surface area contributed by atoms with Crippen LogP contribution in [0.25, 0.3) is 0 Å². The number of sulfonamides is 1. The maximum absolute atomic E-state index is 11.7. The van der Waals surface area contributed by atoms with E-state index in [1.807, 2.05) is 6.92 Å². The van der Waals surface area contributed by atoms with Crippen molar-refractivity contribution in [2.45, 2.75) is 13.3 Å². The lowest BCUT2D eigenvalue weighted by Gasteiger charge is -2.16. The highest BCUT2D eigenvalue weighted by Crippen LogP contribution is 2.15. The van der Waals surface area contributed by atoms with Crippen molar-refractivity contribution in [1.29, 1.82) is 0 Å². The van der Waals surface area contributed by atoms with Crippen molar-refractivity contribution in [1.82, 2.24) is 4.31 Å². The van der Waals surface area contributed by atoms with E-state index in [-0.39, 0.29) is 5.75 Å². The second-order valence-electron chi connectivity index (χ2n) is 3.94. The van der Waals surface area contributed by atoms with Crippen molar-refractivity contribution in [3.8, 4) is 5.75 Å². The Morgan fingerprint density at radius 2 is 1.89 bits per heavy atom. The second kappa shape index (κ2) is 6.97. The van der Waals surface area contributed by atoms with Crippen molar-refractivity contribution < 1.29 is 13.2 Å². The number of rotatable bonds is 7. The third-order valence-electron chi connectivity index (χ3n) is 2.43. The summed E-state index contributed by atoms with van der Waals surface area (Å²) in [5, 5.41) is 0.644. The van der Waals surface area contributed by atoms with Crippen LogP contribution in [-0.2, 0) is 10.0 Å². The highest BCUT2D eigenvalue weighted by atomic mass is 35.5. The van der Waals surface area contributed by atoms with Gasteiger partial charge in [-0.25, -0.2) is 12.7 Å². The lowest BCUT2D eigenvalue weighted by atomic mass is 10.3. The van der Waals surface area contributed by atoms with Gasteiger partial charge in [0, 0.05) is 18.6 Å². The van der Waals surface area contributed by atoms with Gasteiger partial charge in [0.05, 0.1) is 5.75 Å². The Morgan fingerprint density at radius 3 is 2.44 bits per heavy atom. The molecule has 0 spiro atoms. The van der Waals surface area contributed by atoms with Crippen molar-refractivity contribution in [3.05, 3.63) is 29.3 Å². The topological polar surface area (TPSA) is 46.6 Å². The Balaban J connectivity index is 2.40. The van der Waals surface area contributed by atoms with Gasteiger partial charge in [-0.05, 0) is 30.7 Å². The normalized spacial score (nSPS) is 11.8. The molecular formula is C12H18ClNO3S. The molecule has 1 rings (SSSR count). The summed E-state index contributed by atoms with van der Waals surface area (Å²) in [6.07, 6.45) is 0.616. The van der Waals surface area contributed by atoms with Crippen LogP contribution in [0.3, 0.4) is 0 Å². The number of ether oxygens (including phenoxy) is 1. The Hall–Kier alpha value is -0.780. The first-order valence-corrected chi connectivity index (χ1v) is 7.77. The van der Waals surface area contributed by atoms with Crippen LogP contribution in [-0.4, -0.2) is 38.7 Å². The Bertz CT molecular complexity index is 459. The van der Waals surface area contributed by atoms with Crippen LogP contribution in [0.1, 0.15) is 13.3 Å². The first-order chi connectivity index (χ1) is 8.45. The van der Waals surface area contributed by atoms with Gasteiger partial charge in [-0.3, -0.25) is 0 Å². The summed E-state index contributed by atoms with van der Waals surface area (Å²) in [5.74, 6) is 0.852.